The van der Waals surface area contributed by atoms with Gasteiger partial charge in [-0.15, -0.1) is 0 Å². The molecule has 0 radical (unpaired) electrons. The van der Waals surface area contributed by atoms with Crippen LogP contribution in [-0.4, -0.2) is 64.3 Å². The summed E-state index contributed by atoms with van der Waals surface area (Å²) < 4.78 is 40.3. The third-order valence-electron chi connectivity index (χ3n) is 3.58. The molecule has 0 spiro atoms. The fourth-order valence-electron chi connectivity index (χ4n) is 2.34. The molecule has 0 aromatic carbocycles. The Balaban J connectivity index is 2.09. The van der Waals surface area contributed by atoms with E-state index in [9.17, 15) is 38.7 Å². The fourth-order valence-corrected chi connectivity index (χ4v) is 6.31. The van der Waals surface area contributed by atoms with E-state index in [0.29, 0.717) is 0 Å². The summed E-state index contributed by atoms with van der Waals surface area (Å²) >= 11 is 4.42. The number of nitrogens with zero attached hydrogens (tertiary/aromatic N) is 1. The minimum absolute atomic E-state index is 0.0996. The molecule has 20 heteroatoms. The summed E-state index contributed by atoms with van der Waals surface area (Å²) in [6, 6.07) is 0. The monoisotopic (exact) mass is 514 g/mol. The number of H-pyrrole nitrogens is 1. The predicted octanol–water partition coefficient (Wildman–Crippen LogP) is -2.08. The lowest BCUT2D eigenvalue weighted by Crippen LogP contribution is -2.38. The number of aromatic nitrogens is 2. The van der Waals surface area contributed by atoms with Gasteiger partial charge in [0.25, 0.3) is 5.56 Å². The lowest BCUT2D eigenvalue weighted by Gasteiger charge is -2.21. The van der Waals surface area contributed by atoms with Crippen molar-refractivity contribution in [1.82, 2.24) is 9.55 Å². The number of ether oxygens (including phenoxy) is 1. The highest BCUT2D eigenvalue weighted by molar-refractivity contribution is 8.08. The summed E-state index contributed by atoms with van der Waals surface area (Å²) in [5, 5.41) is 20.2. The molecule has 1 saturated heterocycles. The molecule has 1 aliphatic heterocycles. The number of aromatic amines is 1. The molecular formula is C10H17N2O14P3S. The molecule has 1 aromatic heterocycles. The number of aliphatic hydroxyl groups excluding tert-OH is 2. The molecule has 3 unspecified atom stereocenters. The van der Waals surface area contributed by atoms with Crippen molar-refractivity contribution in [3.63, 3.8) is 0 Å². The van der Waals surface area contributed by atoms with E-state index in [1.54, 1.807) is 0 Å². The first-order chi connectivity index (χ1) is 13.5. The lowest BCUT2D eigenvalue weighted by atomic mass is 10.1. The van der Waals surface area contributed by atoms with E-state index in [1.807, 2.05) is 4.98 Å². The van der Waals surface area contributed by atoms with Gasteiger partial charge in [0.05, 0.1) is 6.61 Å². The van der Waals surface area contributed by atoms with Gasteiger partial charge in [0, 0.05) is 11.8 Å². The topological polar surface area (TPSA) is 247 Å². The van der Waals surface area contributed by atoms with Gasteiger partial charge in [-0.05, 0) is 18.7 Å². The maximum absolute atomic E-state index is 11.9. The summed E-state index contributed by atoms with van der Waals surface area (Å²) in [5.74, 6) is 0. The molecule has 1 aliphatic rings. The third kappa shape index (κ3) is 6.69. The molecule has 0 saturated carbocycles. The Morgan fingerprint density at radius 3 is 2.33 bits per heavy atom. The molecule has 0 aliphatic carbocycles. The first kappa shape index (κ1) is 25.6. The van der Waals surface area contributed by atoms with Crippen molar-refractivity contribution >= 4 is 34.2 Å². The lowest BCUT2D eigenvalue weighted by molar-refractivity contribution is -0.0527. The van der Waals surface area contributed by atoms with Crippen LogP contribution in [0, 0.1) is 6.92 Å². The van der Waals surface area contributed by atoms with Crippen LogP contribution in [0.3, 0.4) is 0 Å². The number of aliphatic hydroxyl groups is 2. The second-order valence-electron chi connectivity index (χ2n) is 5.91. The van der Waals surface area contributed by atoms with Crippen LogP contribution in [0.1, 0.15) is 11.8 Å². The van der Waals surface area contributed by atoms with Gasteiger partial charge in [-0.25, -0.2) is 18.2 Å². The Labute approximate surface area is 171 Å². The van der Waals surface area contributed by atoms with Crippen LogP contribution < -0.4 is 11.2 Å². The van der Waals surface area contributed by atoms with E-state index in [2.05, 4.69) is 20.4 Å². The molecule has 6 atom stereocenters. The predicted molar refractivity (Wildman–Crippen MR) is 98.5 cm³/mol. The van der Waals surface area contributed by atoms with Crippen molar-refractivity contribution < 1.29 is 56.8 Å². The van der Waals surface area contributed by atoms with Crippen LogP contribution in [0.2, 0.25) is 0 Å². The SMILES string of the molecule is Cc1cn([C@@H]2O[C@H](COP(O)(=S)OP(=O)(O)OP(=O)(O)O)C(O)[C@@H]2O)c(=O)[nH]c1=O. The van der Waals surface area contributed by atoms with Crippen LogP contribution in [0.25, 0.3) is 0 Å². The number of nitrogens with one attached hydrogen (secondary N) is 1. The summed E-state index contributed by atoms with van der Waals surface area (Å²) in [5.41, 5.74) is -1.52. The number of phosphoric acid groups is 2. The van der Waals surface area contributed by atoms with Crippen LogP contribution >= 0.6 is 22.4 Å². The Morgan fingerprint density at radius 2 is 1.77 bits per heavy atom. The van der Waals surface area contributed by atoms with Gasteiger partial charge < -0.3 is 39.0 Å². The van der Waals surface area contributed by atoms with E-state index in [1.165, 1.54) is 6.92 Å². The molecule has 0 amide bonds. The van der Waals surface area contributed by atoms with Crippen molar-refractivity contribution in [3.05, 3.63) is 32.6 Å². The summed E-state index contributed by atoms with van der Waals surface area (Å²) in [6.07, 6.45) is -5.23. The van der Waals surface area contributed by atoms with Crippen molar-refractivity contribution in [1.29, 1.82) is 0 Å². The first-order valence-corrected chi connectivity index (χ1v) is 13.2. The second-order valence-corrected chi connectivity index (χ2v) is 11.7. The standard InChI is InChI=1S/C10H17N2O14P3S/c1-4-2-12(10(16)11-8(4)15)9-7(14)6(13)5(24-9)3-23-29(22,30)26-28(20,21)25-27(17,18)19/h2,5-7,9,13-14H,3H2,1H3,(H,20,21)(H,22,30)(H,11,15,16)(H2,17,18,19)/t5-,6?,7+,9-,29?/m1/s1. The van der Waals surface area contributed by atoms with E-state index in [0.717, 1.165) is 10.8 Å². The van der Waals surface area contributed by atoms with Gasteiger partial charge in [0.2, 0.25) is 0 Å². The maximum atomic E-state index is 11.9. The van der Waals surface area contributed by atoms with Crippen molar-refractivity contribution in [3.8, 4) is 0 Å². The third-order valence-corrected chi connectivity index (χ3v) is 8.29. The van der Waals surface area contributed by atoms with Gasteiger partial charge in [0.15, 0.2) is 6.23 Å². The number of hydrogen-bond donors (Lipinski definition) is 7. The van der Waals surface area contributed by atoms with E-state index < -0.39 is 64.8 Å². The average molecular weight is 514 g/mol. The highest BCUT2D eigenvalue weighted by Crippen LogP contribution is 2.66. The number of hydrogen-bond acceptors (Lipinski definition) is 11. The normalized spacial score (nSPS) is 28.8. The average Bonchev–Trinajstić information content (AvgIpc) is 2.81. The minimum atomic E-state index is -5.53. The zero-order valence-corrected chi connectivity index (χ0v) is 18.2. The van der Waals surface area contributed by atoms with Gasteiger partial charge in [-0.2, -0.15) is 4.31 Å². The minimum Gasteiger partial charge on any atom is -0.387 e. The van der Waals surface area contributed by atoms with Crippen molar-refractivity contribution in [2.45, 2.75) is 31.5 Å². The molecule has 2 heterocycles. The molecule has 172 valence electrons. The Kier molecular flexibility index (Phi) is 7.78. The van der Waals surface area contributed by atoms with Crippen LogP contribution in [0.5, 0.6) is 0 Å². The molecule has 1 aromatic rings. The summed E-state index contributed by atoms with van der Waals surface area (Å²) in [4.78, 5) is 61.3. The molecule has 0 bridgehead atoms. The maximum Gasteiger partial charge on any atom is 0.488 e. The molecule has 7 N–H and O–H groups in total. The quantitative estimate of drug-likeness (QED) is 0.184. The van der Waals surface area contributed by atoms with E-state index in [-0.39, 0.29) is 5.56 Å². The Morgan fingerprint density at radius 1 is 1.17 bits per heavy atom. The largest absolute Gasteiger partial charge is 0.488 e. The van der Waals surface area contributed by atoms with E-state index in [4.69, 9.17) is 19.0 Å². The van der Waals surface area contributed by atoms with Crippen LogP contribution in [0.4, 0.5) is 0 Å². The molecule has 1 fully saturated rings. The van der Waals surface area contributed by atoms with Crippen LogP contribution in [0.15, 0.2) is 15.8 Å². The smallest absolute Gasteiger partial charge is 0.387 e. The van der Waals surface area contributed by atoms with E-state index >= 15 is 0 Å². The Hall–Kier alpha value is -0.610. The molecule has 2 rings (SSSR count). The zero-order valence-electron chi connectivity index (χ0n) is 14.7. The molecule has 30 heavy (non-hydrogen) atoms. The first-order valence-electron chi connectivity index (χ1n) is 7.63. The van der Waals surface area contributed by atoms with Gasteiger partial charge in [-0.1, -0.05) is 0 Å². The molecule has 16 nitrogen and oxygen atoms in total. The highest BCUT2D eigenvalue weighted by atomic mass is 32.5. The van der Waals surface area contributed by atoms with Gasteiger partial charge in [-0.3, -0.25) is 14.3 Å². The van der Waals surface area contributed by atoms with Gasteiger partial charge >= 0.3 is 28.1 Å². The molecular weight excluding hydrogens is 497 g/mol. The van der Waals surface area contributed by atoms with Crippen molar-refractivity contribution in [2.24, 2.45) is 0 Å². The second kappa shape index (κ2) is 9.10. The highest BCUT2D eigenvalue weighted by Gasteiger charge is 2.45. The van der Waals surface area contributed by atoms with Gasteiger partial charge in [0.1, 0.15) is 18.3 Å². The Bertz CT molecular complexity index is 1050. The number of aryl methyl sites for hydroxylation is 1. The summed E-state index contributed by atoms with van der Waals surface area (Å²) in [6.45, 7) is -4.11. The summed E-state index contributed by atoms with van der Waals surface area (Å²) in [7, 11) is -11.0. The zero-order chi connectivity index (χ0) is 23.1. The van der Waals surface area contributed by atoms with Crippen LogP contribution in [-0.2, 0) is 38.8 Å². The fraction of sp³-hybridized carbons (Fsp3) is 0.600. The van der Waals surface area contributed by atoms with Crippen molar-refractivity contribution in [2.75, 3.05) is 6.61 Å². The number of rotatable bonds is 8.